The van der Waals surface area contributed by atoms with Gasteiger partial charge in [-0.1, -0.05) is 32.1 Å². The van der Waals surface area contributed by atoms with E-state index < -0.39 is 10.2 Å². The minimum Gasteiger partial charge on any atom is -0.304 e. The summed E-state index contributed by atoms with van der Waals surface area (Å²) < 4.78 is 29.0. The molecule has 1 saturated carbocycles. The van der Waals surface area contributed by atoms with Gasteiger partial charge in [0.1, 0.15) is 0 Å². The van der Waals surface area contributed by atoms with Crippen LogP contribution < -0.4 is 0 Å². The lowest BCUT2D eigenvalue weighted by molar-refractivity contribution is 0.211. The first-order valence-corrected chi connectivity index (χ1v) is 9.91. The summed E-state index contributed by atoms with van der Waals surface area (Å²) >= 11 is 0. The Labute approximate surface area is 129 Å². The summed E-state index contributed by atoms with van der Waals surface area (Å²) in [5.74, 6) is 1.37. The van der Waals surface area contributed by atoms with Gasteiger partial charge in [0.2, 0.25) is 0 Å². The van der Waals surface area contributed by atoms with Gasteiger partial charge in [0.15, 0.2) is 0 Å². The molecule has 21 heavy (non-hydrogen) atoms. The van der Waals surface area contributed by atoms with Crippen molar-refractivity contribution in [1.82, 2.24) is 13.5 Å². The van der Waals surface area contributed by atoms with Gasteiger partial charge in [-0.25, -0.2) is 0 Å². The van der Waals surface area contributed by atoms with Crippen molar-refractivity contribution in [1.29, 1.82) is 0 Å². The molecule has 0 amide bonds. The largest absolute Gasteiger partial charge is 0.304 e. The number of likely N-dealkylation sites (N-methyl/N-ethyl adjacent to an activating group) is 1. The van der Waals surface area contributed by atoms with E-state index >= 15 is 0 Å². The van der Waals surface area contributed by atoms with Crippen LogP contribution in [-0.2, 0) is 10.2 Å². The van der Waals surface area contributed by atoms with Gasteiger partial charge >= 0.3 is 0 Å². The molecule has 2 heterocycles. The number of nitrogens with zero attached hydrogens (tertiary/aromatic N) is 3. The van der Waals surface area contributed by atoms with Gasteiger partial charge in [0.05, 0.1) is 0 Å². The first-order chi connectivity index (χ1) is 10.1. The van der Waals surface area contributed by atoms with Gasteiger partial charge in [-0.2, -0.15) is 17.0 Å². The minimum atomic E-state index is -3.22. The zero-order chi connectivity index (χ0) is 14.9. The number of piperazine rings is 1. The summed E-state index contributed by atoms with van der Waals surface area (Å²) in [5, 5.41) is 0. The maximum atomic E-state index is 12.8. The number of hydrogen-bond acceptors (Lipinski definition) is 3. The lowest BCUT2D eigenvalue weighted by Gasteiger charge is -2.34. The summed E-state index contributed by atoms with van der Waals surface area (Å²) in [6, 6.07) is 0. The second-order valence-electron chi connectivity index (χ2n) is 7.01. The zero-order valence-corrected chi connectivity index (χ0v) is 14.0. The highest BCUT2D eigenvalue weighted by molar-refractivity contribution is 7.86. The first-order valence-electron chi connectivity index (χ1n) is 8.51. The first kappa shape index (κ1) is 15.7. The van der Waals surface area contributed by atoms with Gasteiger partial charge in [0, 0.05) is 39.3 Å². The Hall–Kier alpha value is -0.170. The Morgan fingerprint density at radius 3 is 2.10 bits per heavy atom. The Morgan fingerprint density at radius 2 is 1.43 bits per heavy atom. The van der Waals surface area contributed by atoms with Crippen LogP contribution in [0.2, 0.25) is 0 Å². The van der Waals surface area contributed by atoms with E-state index in [4.69, 9.17) is 0 Å². The molecule has 0 N–H and O–H groups in total. The molecule has 122 valence electrons. The van der Waals surface area contributed by atoms with Gasteiger partial charge < -0.3 is 4.90 Å². The van der Waals surface area contributed by atoms with Crippen LogP contribution in [0, 0.1) is 11.8 Å². The molecule has 3 aliphatic rings. The molecule has 5 nitrogen and oxygen atoms in total. The fourth-order valence-electron chi connectivity index (χ4n) is 4.14. The normalized spacial score (nSPS) is 31.8. The van der Waals surface area contributed by atoms with Crippen molar-refractivity contribution in [3.63, 3.8) is 0 Å². The summed E-state index contributed by atoms with van der Waals surface area (Å²) in [6.45, 7) is 4.47. The molecular weight excluding hydrogens is 286 g/mol. The molecule has 0 bridgehead atoms. The van der Waals surface area contributed by atoms with E-state index in [1.807, 2.05) is 0 Å². The van der Waals surface area contributed by atoms with Crippen molar-refractivity contribution < 1.29 is 8.42 Å². The molecule has 0 radical (unpaired) electrons. The highest BCUT2D eigenvalue weighted by Gasteiger charge is 2.39. The van der Waals surface area contributed by atoms with Crippen LogP contribution in [0.4, 0.5) is 0 Å². The molecule has 3 fully saturated rings. The molecule has 0 spiro atoms. The average Bonchev–Trinajstić information content (AvgIpc) is 2.99. The number of hydrogen-bond donors (Lipinski definition) is 0. The lowest BCUT2D eigenvalue weighted by atomic mass is 9.80. The second kappa shape index (κ2) is 6.52. The third-order valence-electron chi connectivity index (χ3n) is 5.62. The van der Waals surface area contributed by atoms with E-state index in [2.05, 4.69) is 11.9 Å². The predicted molar refractivity (Wildman–Crippen MR) is 84.2 cm³/mol. The van der Waals surface area contributed by atoms with Crippen molar-refractivity contribution in [3.8, 4) is 0 Å². The quantitative estimate of drug-likeness (QED) is 0.790. The topological polar surface area (TPSA) is 43.9 Å². The van der Waals surface area contributed by atoms with E-state index in [1.165, 1.54) is 32.1 Å². The van der Waals surface area contributed by atoms with E-state index in [9.17, 15) is 8.42 Å². The van der Waals surface area contributed by atoms with Crippen LogP contribution in [-0.4, -0.2) is 68.2 Å². The molecule has 2 saturated heterocycles. The fourth-order valence-corrected chi connectivity index (χ4v) is 5.80. The fraction of sp³-hybridized carbons (Fsp3) is 1.00. The van der Waals surface area contributed by atoms with Crippen molar-refractivity contribution >= 4 is 10.2 Å². The van der Waals surface area contributed by atoms with Gasteiger partial charge in [-0.3, -0.25) is 0 Å². The molecule has 1 unspecified atom stereocenters. The third-order valence-corrected chi connectivity index (χ3v) is 7.62. The van der Waals surface area contributed by atoms with Crippen LogP contribution in [0.1, 0.15) is 38.5 Å². The van der Waals surface area contributed by atoms with E-state index in [0.29, 0.717) is 19.0 Å². The summed E-state index contributed by atoms with van der Waals surface area (Å²) in [5.41, 5.74) is 0. The molecule has 1 aliphatic carbocycles. The molecule has 0 aromatic heterocycles. The molecular formula is C15H29N3O2S. The smallest absolute Gasteiger partial charge is 0.282 e. The Balaban J connectivity index is 1.59. The van der Waals surface area contributed by atoms with E-state index in [1.54, 1.807) is 8.61 Å². The van der Waals surface area contributed by atoms with E-state index in [-0.39, 0.29) is 0 Å². The highest BCUT2D eigenvalue weighted by atomic mass is 32.2. The highest BCUT2D eigenvalue weighted by Crippen LogP contribution is 2.36. The van der Waals surface area contributed by atoms with Crippen molar-refractivity contribution in [2.45, 2.75) is 38.5 Å². The molecule has 0 aromatic rings. The summed E-state index contributed by atoms with van der Waals surface area (Å²) in [7, 11) is -1.16. The summed E-state index contributed by atoms with van der Waals surface area (Å²) in [6.07, 6.45) is 7.74. The number of rotatable bonds is 3. The molecule has 2 aliphatic heterocycles. The molecule has 6 heteroatoms. The molecule has 0 aromatic carbocycles. The summed E-state index contributed by atoms with van der Waals surface area (Å²) in [4.78, 5) is 2.20. The van der Waals surface area contributed by atoms with E-state index in [0.717, 1.165) is 38.5 Å². The van der Waals surface area contributed by atoms with Crippen molar-refractivity contribution in [2.24, 2.45) is 11.8 Å². The van der Waals surface area contributed by atoms with Crippen molar-refractivity contribution in [3.05, 3.63) is 0 Å². The van der Waals surface area contributed by atoms with Gasteiger partial charge in [-0.05, 0) is 25.3 Å². The Kier molecular flexibility index (Phi) is 4.88. The van der Waals surface area contributed by atoms with Crippen molar-refractivity contribution in [2.75, 3.05) is 46.3 Å². The second-order valence-corrected chi connectivity index (χ2v) is 8.94. The van der Waals surface area contributed by atoms with Crippen LogP contribution in [0.3, 0.4) is 0 Å². The van der Waals surface area contributed by atoms with Gasteiger partial charge in [-0.15, -0.1) is 0 Å². The van der Waals surface area contributed by atoms with Crippen LogP contribution in [0.5, 0.6) is 0 Å². The average molecular weight is 315 g/mol. The molecule has 3 rings (SSSR count). The standard InChI is InChI=1S/C15H29N3O2S/c1-16-9-11-17(12-10-16)21(19,20)18-8-7-15(13-18)14-5-3-2-4-6-14/h14-15H,2-13H2,1H3. The SMILES string of the molecule is CN1CCN(S(=O)(=O)N2CCC(C3CCCCC3)C2)CC1. The minimum absolute atomic E-state index is 0.604. The maximum Gasteiger partial charge on any atom is 0.282 e. The maximum absolute atomic E-state index is 12.8. The van der Waals surface area contributed by atoms with Crippen LogP contribution in [0.15, 0.2) is 0 Å². The Morgan fingerprint density at radius 1 is 0.762 bits per heavy atom. The third kappa shape index (κ3) is 3.44. The van der Waals surface area contributed by atoms with Gasteiger partial charge in [0.25, 0.3) is 10.2 Å². The zero-order valence-electron chi connectivity index (χ0n) is 13.2. The monoisotopic (exact) mass is 315 g/mol. The lowest BCUT2D eigenvalue weighted by Crippen LogP contribution is -2.51. The predicted octanol–water partition coefficient (Wildman–Crippen LogP) is 1.38. The van der Waals surface area contributed by atoms with Crippen LogP contribution in [0.25, 0.3) is 0 Å². The Bertz CT molecular complexity index is 440. The van der Waals surface area contributed by atoms with Crippen LogP contribution >= 0.6 is 0 Å². The molecule has 1 atom stereocenters.